The molecule has 4 fully saturated rings. The van der Waals surface area contributed by atoms with Gasteiger partial charge in [0, 0.05) is 18.5 Å². The van der Waals surface area contributed by atoms with Crippen LogP contribution in [0.15, 0.2) is 22.8 Å². The van der Waals surface area contributed by atoms with Gasteiger partial charge in [0.05, 0.1) is 25.2 Å². The maximum Gasteiger partial charge on any atom is 0.306 e. The molecule has 0 unspecified atom stereocenters. The molecule has 1 heterocycles. The Bertz CT molecular complexity index is 714. The minimum Gasteiger partial charge on any atom is -0.469 e. The molecule has 0 aliphatic heterocycles. The summed E-state index contributed by atoms with van der Waals surface area (Å²) < 4.78 is 10.5. The van der Waals surface area contributed by atoms with Gasteiger partial charge in [0.15, 0.2) is 6.61 Å². The van der Waals surface area contributed by atoms with E-state index in [0.29, 0.717) is 37.1 Å². The number of ether oxygens (including phenoxy) is 1. The highest BCUT2D eigenvalue weighted by Crippen LogP contribution is 2.57. The number of nitrogens with zero attached hydrogens (tertiary/aromatic N) is 2. The van der Waals surface area contributed by atoms with Crippen molar-refractivity contribution in [2.75, 3.05) is 13.2 Å². The first kappa shape index (κ1) is 19.0. The predicted octanol–water partition coefficient (Wildman–Crippen LogP) is 3.47. The molecule has 4 aliphatic carbocycles. The van der Waals surface area contributed by atoms with Crippen LogP contribution < -0.4 is 0 Å². The van der Waals surface area contributed by atoms with Crippen LogP contribution in [-0.4, -0.2) is 35.5 Å². The third-order valence-corrected chi connectivity index (χ3v) is 6.84. The van der Waals surface area contributed by atoms with Gasteiger partial charge in [0.25, 0.3) is 5.91 Å². The zero-order chi connectivity index (χ0) is 19.6. The molecule has 4 saturated carbocycles. The number of amides is 1. The summed E-state index contributed by atoms with van der Waals surface area (Å²) >= 11 is 0. The SMILES string of the molecule is N#CCCN(C(=O)COC(=O)CCc1ccco1)C12CC3CC(CC(C3)C1)C2. The van der Waals surface area contributed by atoms with Gasteiger partial charge in [-0.05, 0) is 68.4 Å². The van der Waals surface area contributed by atoms with E-state index in [4.69, 9.17) is 14.4 Å². The number of rotatable bonds is 8. The fourth-order valence-corrected chi connectivity index (χ4v) is 6.16. The molecule has 4 aliphatic rings. The number of hydrogen-bond donors (Lipinski definition) is 0. The van der Waals surface area contributed by atoms with E-state index >= 15 is 0 Å². The first-order chi connectivity index (χ1) is 13.6. The van der Waals surface area contributed by atoms with Crippen LogP contribution in [0.25, 0.3) is 0 Å². The van der Waals surface area contributed by atoms with E-state index in [-0.39, 0.29) is 24.5 Å². The molecular formula is C22H28N2O4. The Hall–Kier alpha value is -2.29. The fraction of sp³-hybridized carbons (Fsp3) is 0.682. The minimum atomic E-state index is -0.393. The van der Waals surface area contributed by atoms with Crippen LogP contribution in [0.4, 0.5) is 0 Å². The lowest BCUT2D eigenvalue weighted by molar-refractivity contribution is -0.162. The van der Waals surface area contributed by atoms with Crippen molar-refractivity contribution in [3.63, 3.8) is 0 Å². The van der Waals surface area contributed by atoms with E-state index in [0.717, 1.165) is 25.0 Å². The summed E-state index contributed by atoms with van der Waals surface area (Å²) in [6.45, 7) is 0.204. The normalized spacial score (nSPS) is 30.0. The largest absolute Gasteiger partial charge is 0.469 e. The highest BCUT2D eigenvalue weighted by Gasteiger charge is 2.54. The monoisotopic (exact) mass is 384 g/mol. The van der Waals surface area contributed by atoms with Gasteiger partial charge in [-0.15, -0.1) is 0 Å². The van der Waals surface area contributed by atoms with Gasteiger partial charge in [-0.1, -0.05) is 0 Å². The standard InChI is InChI=1S/C22H28N2O4/c23-6-2-7-24(22-12-16-9-17(13-22)11-18(10-16)14-22)20(25)15-28-21(26)5-4-19-3-1-8-27-19/h1,3,8,16-18H,2,4-5,7,9-15H2. The first-order valence-corrected chi connectivity index (χ1v) is 10.4. The van der Waals surface area contributed by atoms with Gasteiger partial charge in [0.1, 0.15) is 5.76 Å². The summed E-state index contributed by atoms with van der Waals surface area (Å²) in [5.41, 5.74) is -0.122. The molecule has 4 bridgehead atoms. The molecule has 0 aromatic carbocycles. The summed E-state index contributed by atoms with van der Waals surface area (Å²) in [5.74, 6) is 2.31. The molecule has 1 aromatic heterocycles. The van der Waals surface area contributed by atoms with E-state index < -0.39 is 5.97 Å². The zero-order valence-corrected chi connectivity index (χ0v) is 16.3. The van der Waals surface area contributed by atoms with Crippen molar-refractivity contribution in [2.45, 2.75) is 63.3 Å². The molecule has 0 N–H and O–H groups in total. The molecule has 1 aromatic rings. The zero-order valence-electron chi connectivity index (χ0n) is 16.3. The lowest BCUT2D eigenvalue weighted by Crippen LogP contribution is -2.62. The Morgan fingerprint density at radius 2 is 1.89 bits per heavy atom. The van der Waals surface area contributed by atoms with Crippen molar-refractivity contribution in [1.29, 1.82) is 5.26 Å². The third kappa shape index (κ3) is 3.94. The lowest BCUT2D eigenvalue weighted by Gasteiger charge is -2.60. The molecule has 1 amide bonds. The first-order valence-electron chi connectivity index (χ1n) is 10.4. The quantitative estimate of drug-likeness (QED) is 0.641. The Labute approximate surface area is 165 Å². The summed E-state index contributed by atoms with van der Waals surface area (Å²) in [4.78, 5) is 27.0. The van der Waals surface area contributed by atoms with E-state index in [1.807, 2.05) is 11.0 Å². The smallest absolute Gasteiger partial charge is 0.306 e. The molecule has 6 nitrogen and oxygen atoms in total. The molecule has 0 saturated heterocycles. The summed E-state index contributed by atoms with van der Waals surface area (Å²) in [6, 6.07) is 5.77. The number of nitriles is 1. The average Bonchev–Trinajstić information content (AvgIpc) is 3.17. The maximum atomic E-state index is 13.0. The topological polar surface area (TPSA) is 83.5 Å². The molecule has 0 radical (unpaired) electrons. The molecule has 6 heteroatoms. The summed E-state index contributed by atoms with van der Waals surface area (Å²) in [7, 11) is 0. The molecule has 5 rings (SSSR count). The minimum absolute atomic E-state index is 0.122. The van der Waals surface area contributed by atoms with Crippen LogP contribution in [0.5, 0.6) is 0 Å². The van der Waals surface area contributed by atoms with E-state index in [9.17, 15) is 9.59 Å². The molecule has 0 spiro atoms. The van der Waals surface area contributed by atoms with E-state index in [2.05, 4.69) is 6.07 Å². The Balaban J connectivity index is 1.36. The van der Waals surface area contributed by atoms with Crippen molar-refractivity contribution < 1.29 is 18.7 Å². The Morgan fingerprint density at radius 1 is 1.21 bits per heavy atom. The highest BCUT2D eigenvalue weighted by molar-refractivity contribution is 5.81. The second kappa shape index (κ2) is 7.98. The fourth-order valence-electron chi connectivity index (χ4n) is 6.16. The second-order valence-electron chi connectivity index (χ2n) is 8.84. The van der Waals surface area contributed by atoms with E-state index in [1.165, 1.54) is 19.3 Å². The molecular weight excluding hydrogens is 356 g/mol. The molecule has 0 atom stereocenters. The number of hydrogen-bond acceptors (Lipinski definition) is 5. The van der Waals surface area contributed by atoms with Crippen molar-refractivity contribution in [3.8, 4) is 6.07 Å². The van der Waals surface area contributed by atoms with Gasteiger partial charge in [0.2, 0.25) is 0 Å². The van der Waals surface area contributed by atoms with Crippen LogP contribution in [0, 0.1) is 29.1 Å². The summed E-state index contributed by atoms with van der Waals surface area (Å²) in [5, 5.41) is 9.08. The number of carbonyl (C=O) groups is 2. The van der Waals surface area contributed by atoms with Crippen LogP contribution in [0.2, 0.25) is 0 Å². The lowest BCUT2D eigenvalue weighted by atomic mass is 9.52. The summed E-state index contributed by atoms with van der Waals surface area (Å²) in [6.07, 6.45) is 9.56. The van der Waals surface area contributed by atoms with E-state index in [1.54, 1.807) is 12.3 Å². The third-order valence-electron chi connectivity index (χ3n) is 6.84. The number of aryl methyl sites for hydroxylation is 1. The maximum absolute atomic E-state index is 13.0. The van der Waals surface area contributed by atoms with Gasteiger partial charge in [-0.3, -0.25) is 9.59 Å². The van der Waals surface area contributed by atoms with Crippen LogP contribution in [0.1, 0.15) is 57.1 Å². The second-order valence-corrected chi connectivity index (χ2v) is 8.84. The van der Waals surface area contributed by atoms with Crippen molar-refractivity contribution in [1.82, 2.24) is 4.90 Å². The van der Waals surface area contributed by atoms with Crippen LogP contribution in [0.3, 0.4) is 0 Å². The van der Waals surface area contributed by atoms with Gasteiger partial charge >= 0.3 is 5.97 Å². The van der Waals surface area contributed by atoms with Crippen LogP contribution in [-0.2, 0) is 20.7 Å². The predicted molar refractivity (Wildman–Crippen MR) is 101 cm³/mol. The van der Waals surface area contributed by atoms with Crippen molar-refractivity contribution in [2.24, 2.45) is 17.8 Å². The Kier molecular flexibility index (Phi) is 5.43. The molecule has 150 valence electrons. The van der Waals surface area contributed by atoms with Gasteiger partial charge < -0.3 is 14.1 Å². The van der Waals surface area contributed by atoms with Crippen molar-refractivity contribution in [3.05, 3.63) is 24.2 Å². The van der Waals surface area contributed by atoms with Gasteiger partial charge in [-0.25, -0.2) is 0 Å². The highest BCUT2D eigenvalue weighted by atomic mass is 16.5. The number of furan rings is 1. The van der Waals surface area contributed by atoms with Crippen LogP contribution >= 0.6 is 0 Å². The molecule has 28 heavy (non-hydrogen) atoms. The average molecular weight is 384 g/mol. The number of esters is 1. The number of carbonyl (C=O) groups excluding carboxylic acids is 2. The Morgan fingerprint density at radius 3 is 2.46 bits per heavy atom. The van der Waals surface area contributed by atoms with Crippen molar-refractivity contribution >= 4 is 11.9 Å². The van der Waals surface area contributed by atoms with Gasteiger partial charge in [-0.2, -0.15) is 5.26 Å².